The molecule has 0 rings (SSSR count). The molecule has 0 aliphatic heterocycles. The molecule has 0 aliphatic rings. The summed E-state index contributed by atoms with van der Waals surface area (Å²) in [4.78, 5) is 11.3. The van der Waals surface area contributed by atoms with Crippen LogP contribution in [0.4, 0.5) is 0 Å². The molecule has 15 heavy (non-hydrogen) atoms. The Morgan fingerprint density at radius 1 is 1.67 bits per heavy atom. The van der Waals surface area contributed by atoms with Crippen molar-refractivity contribution in [3.8, 4) is 0 Å². The van der Waals surface area contributed by atoms with Crippen molar-refractivity contribution >= 4 is 17.7 Å². The Bertz CT molecular complexity index is 185. The molecule has 0 aromatic heterocycles. The van der Waals surface area contributed by atoms with E-state index in [9.17, 15) is 4.79 Å². The molecule has 4 heteroatoms. The number of thioether (sulfide) groups is 1. The van der Waals surface area contributed by atoms with Crippen LogP contribution in [-0.4, -0.2) is 30.0 Å². The summed E-state index contributed by atoms with van der Waals surface area (Å²) in [5.74, 6) is 1.93. The van der Waals surface area contributed by atoms with Gasteiger partial charge in [-0.3, -0.25) is 4.79 Å². The third-order valence-corrected chi connectivity index (χ3v) is 2.88. The molecular weight excluding hydrogens is 208 g/mol. The lowest BCUT2D eigenvalue weighted by molar-refractivity contribution is -0.121. The van der Waals surface area contributed by atoms with E-state index >= 15 is 0 Å². The van der Waals surface area contributed by atoms with Crippen molar-refractivity contribution in [2.45, 2.75) is 32.2 Å². The third kappa shape index (κ3) is 9.82. The summed E-state index contributed by atoms with van der Waals surface area (Å²) >= 11 is 1.76. The van der Waals surface area contributed by atoms with Crippen molar-refractivity contribution in [3.05, 3.63) is 12.7 Å². The van der Waals surface area contributed by atoms with Gasteiger partial charge in [0.2, 0.25) is 5.91 Å². The molecule has 0 aliphatic carbocycles. The number of amides is 1. The van der Waals surface area contributed by atoms with Gasteiger partial charge in [0.05, 0.1) is 0 Å². The lowest BCUT2D eigenvalue weighted by atomic mass is 10.1. The Labute approximate surface area is 96.9 Å². The summed E-state index contributed by atoms with van der Waals surface area (Å²) in [5.41, 5.74) is 5.76. The third-order valence-electron chi connectivity index (χ3n) is 1.91. The van der Waals surface area contributed by atoms with Gasteiger partial charge in [-0.1, -0.05) is 19.4 Å². The number of rotatable bonds is 9. The van der Waals surface area contributed by atoms with Crippen LogP contribution in [0.15, 0.2) is 12.7 Å². The number of nitrogens with two attached hydrogens (primary N) is 1. The molecule has 0 aromatic rings. The molecule has 0 heterocycles. The maximum Gasteiger partial charge on any atom is 0.221 e. The van der Waals surface area contributed by atoms with Crippen LogP contribution >= 0.6 is 11.8 Å². The largest absolute Gasteiger partial charge is 0.355 e. The van der Waals surface area contributed by atoms with Crippen molar-refractivity contribution in [2.24, 2.45) is 5.73 Å². The van der Waals surface area contributed by atoms with Crippen molar-refractivity contribution < 1.29 is 4.79 Å². The summed E-state index contributed by atoms with van der Waals surface area (Å²) in [5, 5.41) is 2.86. The molecule has 88 valence electrons. The average molecular weight is 230 g/mol. The lowest BCUT2D eigenvalue weighted by Crippen LogP contribution is -2.32. The zero-order chi connectivity index (χ0) is 11.5. The SMILES string of the molecule is C=CCSCCNC(=O)CC(N)CCC. The van der Waals surface area contributed by atoms with Crippen LogP contribution < -0.4 is 11.1 Å². The van der Waals surface area contributed by atoms with Crippen molar-refractivity contribution in [2.75, 3.05) is 18.1 Å². The summed E-state index contributed by atoms with van der Waals surface area (Å²) in [6.45, 7) is 6.42. The number of hydrogen-bond acceptors (Lipinski definition) is 3. The van der Waals surface area contributed by atoms with Crippen molar-refractivity contribution in [1.29, 1.82) is 0 Å². The minimum atomic E-state index is 0.0100. The quantitative estimate of drug-likeness (QED) is 0.466. The predicted molar refractivity (Wildman–Crippen MR) is 68.0 cm³/mol. The Morgan fingerprint density at radius 3 is 3.00 bits per heavy atom. The molecule has 0 saturated heterocycles. The molecule has 0 fully saturated rings. The highest BCUT2D eigenvalue weighted by Gasteiger charge is 2.07. The molecular formula is C11H22N2OS. The highest BCUT2D eigenvalue weighted by Crippen LogP contribution is 1.99. The van der Waals surface area contributed by atoms with E-state index in [0.29, 0.717) is 6.42 Å². The standard InChI is InChI=1S/C11H22N2OS/c1-3-5-10(12)9-11(14)13-6-8-15-7-4-2/h4,10H,2-3,5-9,12H2,1H3,(H,13,14). The Kier molecular flexibility index (Phi) is 9.73. The second-order valence-corrected chi connectivity index (χ2v) is 4.62. The van der Waals surface area contributed by atoms with Crippen molar-refractivity contribution in [1.82, 2.24) is 5.32 Å². The van der Waals surface area contributed by atoms with Gasteiger partial charge in [0.1, 0.15) is 0 Å². The maximum absolute atomic E-state index is 11.3. The zero-order valence-corrected chi connectivity index (χ0v) is 10.3. The fourth-order valence-corrected chi connectivity index (χ4v) is 1.79. The van der Waals surface area contributed by atoms with E-state index in [4.69, 9.17) is 5.73 Å². The van der Waals surface area contributed by atoms with Crippen LogP contribution in [-0.2, 0) is 4.79 Å². The van der Waals surface area contributed by atoms with Crippen LogP contribution in [0.1, 0.15) is 26.2 Å². The maximum atomic E-state index is 11.3. The fraction of sp³-hybridized carbons (Fsp3) is 0.727. The highest BCUT2D eigenvalue weighted by molar-refractivity contribution is 7.99. The van der Waals surface area contributed by atoms with Gasteiger partial charge >= 0.3 is 0 Å². The van der Waals surface area contributed by atoms with Crippen LogP contribution in [0.5, 0.6) is 0 Å². The summed E-state index contributed by atoms with van der Waals surface area (Å²) < 4.78 is 0. The van der Waals surface area contributed by atoms with E-state index < -0.39 is 0 Å². The van der Waals surface area contributed by atoms with Gasteiger partial charge in [0, 0.05) is 30.5 Å². The molecule has 3 nitrogen and oxygen atoms in total. The monoisotopic (exact) mass is 230 g/mol. The van der Waals surface area contributed by atoms with E-state index in [1.54, 1.807) is 11.8 Å². The topological polar surface area (TPSA) is 55.1 Å². The van der Waals surface area contributed by atoms with E-state index in [-0.39, 0.29) is 11.9 Å². The number of carbonyl (C=O) groups is 1. The molecule has 1 unspecified atom stereocenters. The van der Waals surface area contributed by atoms with Crippen molar-refractivity contribution in [3.63, 3.8) is 0 Å². The number of carbonyl (C=O) groups excluding carboxylic acids is 1. The summed E-state index contributed by atoms with van der Waals surface area (Å²) in [7, 11) is 0. The fourth-order valence-electron chi connectivity index (χ4n) is 1.21. The normalized spacial score (nSPS) is 12.1. The first-order valence-electron chi connectivity index (χ1n) is 5.41. The smallest absolute Gasteiger partial charge is 0.221 e. The molecule has 0 saturated carbocycles. The van der Waals surface area contributed by atoms with E-state index in [1.807, 2.05) is 6.08 Å². The lowest BCUT2D eigenvalue weighted by Gasteiger charge is -2.10. The predicted octanol–water partition coefficient (Wildman–Crippen LogP) is 1.54. The van der Waals surface area contributed by atoms with Crippen LogP contribution in [0.3, 0.4) is 0 Å². The number of nitrogens with one attached hydrogen (secondary N) is 1. The van der Waals surface area contributed by atoms with E-state index in [1.165, 1.54) is 0 Å². The first-order valence-corrected chi connectivity index (χ1v) is 6.57. The Balaban J connectivity index is 3.36. The van der Waals surface area contributed by atoms with Gasteiger partial charge in [-0.05, 0) is 6.42 Å². The Morgan fingerprint density at radius 2 is 2.40 bits per heavy atom. The van der Waals surface area contributed by atoms with Gasteiger partial charge in [-0.25, -0.2) is 0 Å². The molecule has 1 amide bonds. The van der Waals surface area contributed by atoms with E-state index in [2.05, 4.69) is 18.8 Å². The molecule has 0 spiro atoms. The molecule has 0 bridgehead atoms. The number of hydrogen-bond donors (Lipinski definition) is 2. The first-order chi connectivity index (χ1) is 7.20. The van der Waals surface area contributed by atoms with Gasteiger partial charge in [0.15, 0.2) is 0 Å². The van der Waals surface area contributed by atoms with Gasteiger partial charge in [-0.15, -0.1) is 6.58 Å². The average Bonchev–Trinajstić information content (AvgIpc) is 2.17. The molecule has 0 radical (unpaired) electrons. The van der Waals surface area contributed by atoms with E-state index in [0.717, 1.165) is 30.9 Å². The van der Waals surface area contributed by atoms with Gasteiger partial charge < -0.3 is 11.1 Å². The van der Waals surface area contributed by atoms with Crippen LogP contribution in [0.2, 0.25) is 0 Å². The molecule has 1 atom stereocenters. The zero-order valence-electron chi connectivity index (χ0n) is 9.50. The van der Waals surface area contributed by atoms with Crippen LogP contribution in [0, 0.1) is 0 Å². The second kappa shape index (κ2) is 10.1. The highest BCUT2D eigenvalue weighted by atomic mass is 32.2. The van der Waals surface area contributed by atoms with Gasteiger partial charge in [-0.2, -0.15) is 11.8 Å². The second-order valence-electron chi connectivity index (χ2n) is 3.47. The Hall–Kier alpha value is -0.480. The van der Waals surface area contributed by atoms with Gasteiger partial charge in [0.25, 0.3) is 0 Å². The minimum absolute atomic E-state index is 0.0100. The summed E-state index contributed by atoms with van der Waals surface area (Å²) in [6.07, 6.45) is 4.26. The molecule has 0 aromatic carbocycles. The minimum Gasteiger partial charge on any atom is -0.355 e. The first kappa shape index (κ1) is 14.5. The summed E-state index contributed by atoms with van der Waals surface area (Å²) in [6, 6.07) is 0.0100. The van der Waals surface area contributed by atoms with Crippen LogP contribution in [0.25, 0.3) is 0 Å². The molecule has 3 N–H and O–H groups in total.